The Balaban J connectivity index is 1.29. The van der Waals surface area contributed by atoms with Crippen LogP contribution in [-0.4, -0.2) is 36.2 Å². The maximum absolute atomic E-state index is 10.5. The number of hydrogen-bond donors (Lipinski definition) is 1. The summed E-state index contributed by atoms with van der Waals surface area (Å²) < 4.78 is 6.37. The Morgan fingerprint density at radius 1 is 0.774 bits per heavy atom. The van der Waals surface area contributed by atoms with Crippen molar-refractivity contribution < 1.29 is 9.84 Å². The summed E-state index contributed by atoms with van der Waals surface area (Å²) in [6.07, 6.45) is 3.82. The van der Waals surface area contributed by atoms with Gasteiger partial charge in [-0.3, -0.25) is 4.90 Å². The zero-order valence-electron chi connectivity index (χ0n) is 17.9. The van der Waals surface area contributed by atoms with E-state index in [1.54, 1.807) is 0 Å². The summed E-state index contributed by atoms with van der Waals surface area (Å²) in [5.41, 5.74) is 4.81. The van der Waals surface area contributed by atoms with Gasteiger partial charge in [-0.05, 0) is 29.5 Å². The monoisotopic (exact) mass is 413 g/mol. The summed E-state index contributed by atoms with van der Waals surface area (Å²) in [5.74, 6) is 0. The zero-order chi connectivity index (χ0) is 21.3. The molecule has 1 N–H and O–H groups in total. The first-order chi connectivity index (χ1) is 15.3. The molecule has 0 aliphatic carbocycles. The van der Waals surface area contributed by atoms with Gasteiger partial charge in [0.15, 0.2) is 0 Å². The molecule has 3 aromatic rings. The number of hydrogen-bond acceptors (Lipinski definition) is 3. The average molecular weight is 414 g/mol. The predicted octanol–water partition coefficient (Wildman–Crippen LogP) is 5.55. The Hall–Kier alpha value is -2.72. The second-order valence-corrected chi connectivity index (χ2v) is 8.12. The first-order valence-electron chi connectivity index (χ1n) is 11.1. The number of aliphatic hydroxyl groups excluding tert-OH is 1. The van der Waals surface area contributed by atoms with E-state index < -0.39 is 6.10 Å². The highest BCUT2D eigenvalue weighted by atomic mass is 16.5. The largest absolute Gasteiger partial charge is 0.387 e. The van der Waals surface area contributed by atoms with E-state index in [9.17, 15) is 5.11 Å². The SMILES string of the molecule is O[C@@H](CN1CC=C(CCOC(c2ccccc2)c2ccccc2)CC1)c1ccccc1. The molecule has 160 valence electrons. The normalized spacial score (nSPS) is 15.6. The lowest BCUT2D eigenvalue weighted by molar-refractivity contribution is 0.0807. The van der Waals surface area contributed by atoms with Crippen molar-refractivity contribution in [1.29, 1.82) is 0 Å². The Kier molecular flexibility index (Phi) is 7.67. The standard InChI is InChI=1S/C28H31NO2/c30-27(24-10-4-1-5-11-24)22-29-19-16-23(17-20-29)18-21-31-28(25-12-6-2-7-13-25)26-14-8-3-9-15-26/h1-16,27-28,30H,17-22H2/t27-/m0/s1. The van der Waals surface area contributed by atoms with E-state index >= 15 is 0 Å². The van der Waals surface area contributed by atoms with Gasteiger partial charge in [-0.1, -0.05) is 103 Å². The molecule has 1 heterocycles. The molecule has 3 heteroatoms. The number of β-amino-alcohol motifs (C(OH)–C–C–N with tert-alkyl or cyclic N) is 1. The van der Waals surface area contributed by atoms with Gasteiger partial charge in [0.2, 0.25) is 0 Å². The zero-order valence-corrected chi connectivity index (χ0v) is 17.9. The summed E-state index contributed by atoms with van der Waals surface area (Å²) >= 11 is 0. The fourth-order valence-corrected chi connectivity index (χ4v) is 4.12. The smallest absolute Gasteiger partial charge is 0.108 e. The third-order valence-electron chi connectivity index (χ3n) is 5.92. The van der Waals surface area contributed by atoms with Crippen LogP contribution in [0.1, 0.15) is 41.7 Å². The topological polar surface area (TPSA) is 32.7 Å². The Morgan fingerprint density at radius 3 is 1.84 bits per heavy atom. The minimum atomic E-state index is -0.433. The molecule has 1 aliphatic heterocycles. The fraction of sp³-hybridized carbons (Fsp3) is 0.286. The van der Waals surface area contributed by atoms with Gasteiger partial charge in [-0.15, -0.1) is 0 Å². The number of benzene rings is 3. The van der Waals surface area contributed by atoms with Crippen molar-refractivity contribution in [2.45, 2.75) is 25.0 Å². The molecule has 4 rings (SSSR count). The molecule has 0 amide bonds. The van der Waals surface area contributed by atoms with E-state index in [0.29, 0.717) is 13.2 Å². The molecule has 1 atom stereocenters. The summed E-state index contributed by atoms with van der Waals surface area (Å²) in [4.78, 5) is 2.32. The van der Waals surface area contributed by atoms with Crippen molar-refractivity contribution in [3.05, 3.63) is 119 Å². The summed E-state index contributed by atoms with van der Waals surface area (Å²) in [6, 6.07) is 30.8. The van der Waals surface area contributed by atoms with E-state index in [2.05, 4.69) is 59.5 Å². The number of rotatable bonds is 9. The van der Waals surface area contributed by atoms with Crippen molar-refractivity contribution in [1.82, 2.24) is 4.90 Å². The average Bonchev–Trinajstić information content (AvgIpc) is 2.84. The van der Waals surface area contributed by atoms with Gasteiger partial charge < -0.3 is 9.84 Å². The second-order valence-electron chi connectivity index (χ2n) is 8.12. The lowest BCUT2D eigenvalue weighted by atomic mass is 10.0. The molecule has 1 aliphatic rings. The van der Waals surface area contributed by atoms with Gasteiger partial charge in [0.1, 0.15) is 6.10 Å². The summed E-state index contributed by atoms with van der Waals surface area (Å²) in [5, 5.41) is 10.5. The maximum Gasteiger partial charge on any atom is 0.108 e. The highest BCUT2D eigenvalue weighted by Crippen LogP contribution is 2.27. The van der Waals surface area contributed by atoms with Crippen LogP contribution < -0.4 is 0 Å². The molecule has 0 fully saturated rings. The van der Waals surface area contributed by atoms with E-state index in [1.807, 2.05) is 42.5 Å². The van der Waals surface area contributed by atoms with E-state index in [0.717, 1.165) is 31.5 Å². The van der Waals surface area contributed by atoms with E-state index in [4.69, 9.17) is 4.74 Å². The molecule has 3 nitrogen and oxygen atoms in total. The van der Waals surface area contributed by atoms with Crippen molar-refractivity contribution in [3.63, 3.8) is 0 Å². The highest BCUT2D eigenvalue weighted by molar-refractivity contribution is 5.30. The van der Waals surface area contributed by atoms with Gasteiger partial charge in [0.25, 0.3) is 0 Å². The molecule has 0 saturated carbocycles. The van der Waals surface area contributed by atoms with Crippen molar-refractivity contribution in [2.75, 3.05) is 26.2 Å². The van der Waals surface area contributed by atoms with Crippen LogP contribution in [0.2, 0.25) is 0 Å². The Bertz CT molecular complexity index is 901. The maximum atomic E-state index is 10.5. The molecule has 0 unspecified atom stereocenters. The van der Waals surface area contributed by atoms with Crippen LogP contribution in [0.5, 0.6) is 0 Å². The van der Waals surface area contributed by atoms with Gasteiger partial charge in [-0.25, -0.2) is 0 Å². The van der Waals surface area contributed by atoms with E-state index in [-0.39, 0.29) is 6.10 Å². The van der Waals surface area contributed by atoms with Crippen molar-refractivity contribution in [3.8, 4) is 0 Å². The number of aliphatic hydroxyl groups is 1. The van der Waals surface area contributed by atoms with Crippen molar-refractivity contribution in [2.24, 2.45) is 0 Å². The Labute approximate surface area is 185 Å². The minimum absolute atomic E-state index is 0.0379. The molecular formula is C28H31NO2. The molecule has 0 bridgehead atoms. The quantitative estimate of drug-likeness (QED) is 0.467. The van der Waals surface area contributed by atoms with Gasteiger partial charge >= 0.3 is 0 Å². The molecule has 31 heavy (non-hydrogen) atoms. The molecule has 0 aromatic heterocycles. The number of ether oxygens (including phenoxy) is 1. The van der Waals surface area contributed by atoms with Crippen LogP contribution in [0.4, 0.5) is 0 Å². The summed E-state index contributed by atoms with van der Waals surface area (Å²) in [6.45, 7) is 3.25. The molecule has 0 radical (unpaired) electrons. The molecule has 0 saturated heterocycles. The lowest BCUT2D eigenvalue weighted by Gasteiger charge is -2.28. The number of nitrogens with zero attached hydrogens (tertiary/aromatic N) is 1. The summed E-state index contributed by atoms with van der Waals surface area (Å²) in [7, 11) is 0. The van der Waals surface area contributed by atoms with Crippen LogP contribution in [0, 0.1) is 0 Å². The second kappa shape index (κ2) is 11.1. The van der Waals surface area contributed by atoms with Crippen LogP contribution in [0.15, 0.2) is 103 Å². The third-order valence-corrected chi connectivity index (χ3v) is 5.92. The van der Waals surface area contributed by atoms with Gasteiger partial charge in [-0.2, -0.15) is 0 Å². The first kappa shape index (κ1) is 21.5. The third kappa shape index (κ3) is 6.14. The van der Waals surface area contributed by atoms with Crippen LogP contribution in [-0.2, 0) is 4.74 Å². The van der Waals surface area contributed by atoms with Gasteiger partial charge in [0, 0.05) is 19.6 Å². The van der Waals surface area contributed by atoms with E-state index in [1.165, 1.54) is 16.7 Å². The Morgan fingerprint density at radius 2 is 1.32 bits per heavy atom. The van der Waals surface area contributed by atoms with Gasteiger partial charge in [0.05, 0.1) is 12.7 Å². The highest BCUT2D eigenvalue weighted by Gasteiger charge is 2.18. The first-order valence-corrected chi connectivity index (χ1v) is 11.1. The van der Waals surface area contributed by atoms with Crippen LogP contribution >= 0.6 is 0 Å². The lowest BCUT2D eigenvalue weighted by Crippen LogP contribution is -2.33. The predicted molar refractivity (Wildman–Crippen MR) is 126 cm³/mol. The minimum Gasteiger partial charge on any atom is -0.387 e. The van der Waals surface area contributed by atoms with Crippen molar-refractivity contribution >= 4 is 0 Å². The molecule has 3 aromatic carbocycles. The molecular weight excluding hydrogens is 382 g/mol. The van der Waals surface area contributed by atoms with Crippen LogP contribution in [0.3, 0.4) is 0 Å². The van der Waals surface area contributed by atoms with Crippen LogP contribution in [0.25, 0.3) is 0 Å². The fourth-order valence-electron chi connectivity index (χ4n) is 4.12. The molecule has 0 spiro atoms.